The number of nitrogen functional groups attached to an aromatic ring is 1. The van der Waals surface area contributed by atoms with Gasteiger partial charge in [0.15, 0.2) is 23.3 Å². The van der Waals surface area contributed by atoms with E-state index in [-0.39, 0.29) is 11.6 Å². The molecule has 0 bridgehead atoms. The number of aromatic nitrogens is 1. The van der Waals surface area contributed by atoms with Crippen LogP contribution < -0.4 is 11.1 Å². The summed E-state index contributed by atoms with van der Waals surface area (Å²) in [6.45, 7) is 0.441. The van der Waals surface area contributed by atoms with Gasteiger partial charge in [-0.1, -0.05) is 12.1 Å². The molecular weight excluding hydrogens is 252 g/mol. The van der Waals surface area contributed by atoms with E-state index in [2.05, 4.69) is 10.3 Å². The third kappa shape index (κ3) is 3.17. The Morgan fingerprint density at radius 2 is 2.05 bits per heavy atom. The van der Waals surface area contributed by atoms with Crippen molar-refractivity contribution in [3.63, 3.8) is 0 Å². The third-order valence-electron chi connectivity index (χ3n) is 2.46. The minimum atomic E-state index is -0.879. The molecule has 0 amide bonds. The Balaban J connectivity index is 2.25. The summed E-state index contributed by atoms with van der Waals surface area (Å²) in [4.78, 5) is 3.63. The molecule has 0 fully saturated rings. The molecule has 0 saturated heterocycles. The van der Waals surface area contributed by atoms with Gasteiger partial charge in [-0.25, -0.2) is 13.8 Å². The first-order valence-corrected chi connectivity index (χ1v) is 5.56. The SMILES string of the molecule is COCc1cccc(Nc2nc(N)c(F)cc2F)c1. The van der Waals surface area contributed by atoms with E-state index in [9.17, 15) is 8.78 Å². The maximum atomic E-state index is 13.5. The van der Waals surface area contributed by atoms with Crippen LogP contribution in [0.3, 0.4) is 0 Å². The van der Waals surface area contributed by atoms with Gasteiger partial charge in [0, 0.05) is 18.9 Å². The van der Waals surface area contributed by atoms with Crippen LogP contribution in [0.1, 0.15) is 5.56 Å². The first-order chi connectivity index (χ1) is 9.10. The highest BCUT2D eigenvalue weighted by Gasteiger charge is 2.10. The van der Waals surface area contributed by atoms with E-state index in [0.717, 1.165) is 5.56 Å². The fraction of sp³-hybridized carbons (Fsp3) is 0.154. The number of nitrogens with zero attached hydrogens (tertiary/aromatic N) is 1. The van der Waals surface area contributed by atoms with Crippen LogP contribution in [0.2, 0.25) is 0 Å². The second kappa shape index (κ2) is 5.62. The van der Waals surface area contributed by atoms with Crippen LogP contribution in [0.5, 0.6) is 0 Å². The van der Waals surface area contributed by atoms with Crippen molar-refractivity contribution in [1.29, 1.82) is 0 Å². The minimum absolute atomic E-state index is 0.117. The molecule has 19 heavy (non-hydrogen) atoms. The lowest BCUT2D eigenvalue weighted by molar-refractivity contribution is 0.185. The van der Waals surface area contributed by atoms with Crippen molar-refractivity contribution in [1.82, 2.24) is 4.98 Å². The van der Waals surface area contributed by atoms with Crippen LogP contribution in [0.15, 0.2) is 30.3 Å². The van der Waals surface area contributed by atoms with Crippen molar-refractivity contribution in [3.05, 3.63) is 47.5 Å². The molecule has 0 radical (unpaired) electrons. The smallest absolute Gasteiger partial charge is 0.169 e. The molecule has 4 nitrogen and oxygen atoms in total. The summed E-state index contributed by atoms with van der Waals surface area (Å²) in [6, 6.07) is 7.88. The molecular formula is C13H13F2N3O. The number of pyridine rings is 1. The first kappa shape index (κ1) is 13.2. The average molecular weight is 265 g/mol. The van der Waals surface area contributed by atoms with E-state index in [1.165, 1.54) is 0 Å². The third-order valence-corrected chi connectivity index (χ3v) is 2.46. The number of hydrogen-bond acceptors (Lipinski definition) is 4. The van der Waals surface area contributed by atoms with E-state index in [1.54, 1.807) is 25.3 Å². The number of nitrogens with one attached hydrogen (secondary N) is 1. The maximum absolute atomic E-state index is 13.5. The predicted molar refractivity (Wildman–Crippen MR) is 69.0 cm³/mol. The van der Waals surface area contributed by atoms with E-state index in [0.29, 0.717) is 18.4 Å². The molecule has 0 atom stereocenters. The van der Waals surface area contributed by atoms with Gasteiger partial charge >= 0.3 is 0 Å². The quantitative estimate of drug-likeness (QED) is 0.892. The van der Waals surface area contributed by atoms with Crippen LogP contribution in [0.25, 0.3) is 0 Å². The lowest BCUT2D eigenvalue weighted by atomic mass is 10.2. The number of halogens is 2. The highest BCUT2D eigenvalue weighted by atomic mass is 19.1. The molecule has 0 saturated carbocycles. The molecule has 1 aromatic carbocycles. The van der Waals surface area contributed by atoms with Gasteiger partial charge in [-0.3, -0.25) is 0 Å². The molecule has 3 N–H and O–H groups in total. The van der Waals surface area contributed by atoms with Gasteiger partial charge in [0.05, 0.1) is 6.61 Å². The maximum Gasteiger partial charge on any atom is 0.169 e. The molecule has 1 heterocycles. The van der Waals surface area contributed by atoms with E-state index in [4.69, 9.17) is 10.5 Å². The topological polar surface area (TPSA) is 60.2 Å². The number of methoxy groups -OCH3 is 1. The average Bonchev–Trinajstić information content (AvgIpc) is 2.37. The zero-order chi connectivity index (χ0) is 13.8. The fourth-order valence-corrected chi connectivity index (χ4v) is 1.61. The number of hydrogen-bond donors (Lipinski definition) is 2. The molecule has 2 aromatic rings. The number of anilines is 3. The number of benzene rings is 1. The number of rotatable bonds is 4. The van der Waals surface area contributed by atoms with Crippen molar-refractivity contribution in [3.8, 4) is 0 Å². The molecule has 100 valence electrons. The van der Waals surface area contributed by atoms with E-state index in [1.807, 2.05) is 6.07 Å². The van der Waals surface area contributed by atoms with Gasteiger partial charge in [0.25, 0.3) is 0 Å². The van der Waals surface area contributed by atoms with Gasteiger partial charge in [-0.15, -0.1) is 0 Å². The Morgan fingerprint density at radius 1 is 1.26 bits per heavy atom. The van der Waals surface area contributed by atoms with E-state index < -0.39 is 11.6 Å². The molecule has 0 aliphatic carbocycles. The monoisotopic (exact) mass is 265 g/mol. The fourth-order valence-electron chi connectivity index (χ4n) is 1.61. The van der Waals surface area contributed by atoms with Crippen molar-refractivity contribution in [2.75, 3.05) is 18.2 Å². The van der Waals surface area contributed by atoms with Gasteiger partial charge in [-0.05, 0) is 17.7 Å². The number of ether oxygens (including phenoxy) is 1. The highest BCUT2D eigenvalue weighted by molar-refractivity contribution is 5.59. The lowest BCUT2D eigenvalue weighted by Crippen LogP contribution is -2.03. The van der Waals surface area contributed by atoms with Gasteiger partial charge in [-0.2, -0.15) is 0 Å². The molecule has 0 unspecified atom stereocenters. The Hall–Kier alpha value is -2.21. The van der Waals surface area contributed by atoms with Crippen molar-refractivity contribution >= 4 is 17.3 Å². The Kier molecular flexibility index (Phi) is 3.91. The first-order valence-electron chi connectivity index (χ1n) is 5.56. The van der Waals surface area contributed by atoms with Gasteiger partial charge in [0.1, 0.15) is 0 Å². The normalized spacial score (nSPS) is 10.5. The summed E-state index contributed by atoms with van der Waals surface area (Å²) in [5.41, 5.74) is 6.84. The van der Waals surface area contributed by atoms with E-state index >= 15 is 0 Å². The second-order valence-electron chi connectivity index (χ2n) is 3.94. The van der Waals surface area contributed by atoms with Crippen molar-refractivity contribution < 1.29 is 13.5 Å². The molecule has 0 aliphatic rings. The summed E-state index contributed by atoms with van der Waals surface area (Å²) < 4.78 is 31.5. The van der Waals surface area contributed by atoms with Gasteiger partial charge < -0.3 is 15.8 Å². The summed E-state index contributed by atoms with van der Waals surface area (Å²) >= 11 is 0. The predicted octanol–water partition coefficient (Wildman–Crippen LogP) is 2.83. The van der Waals surface area contributed by atoms with Crippen LogP contribution in [0.4, 0.5) is 26.1 Å². The summed E-state index contributed by atoms with van der Waals surface area (Å²) in [5, 5.41) is 2.75. The Bertz CT molecular complexity index is 590. The molecule has 0 spiro atoms. The second-order valence-corrected chi connectivity index (χ2v) is 3.94. The number of nitrogens with two attached hydrogens (primary N) is 1. The molecule has 6 heteroatoms. The minimum Gasteiger partial charge on any atom is -0.381 e. The zero-order valence-electron chi connectivity index (χ0n) is 10.3. The molecule has 1 aromatic heterocycles. The van der Waals surface area contributed by atoms with Crippen LogP contribution in [-0.4, -0.2) is 12.1 Å². The summed E-state index contributed by atoms with van der Waals surface area (Å²) in [5.74, 6) is -2.15. The molecule has 2 rings (SSSR count). The van der Waals surface area contributed by atoms with Crippen LogP contribution in [0, 0.1) is 11.6 Å². The Labute approximate surface area is 109 Å². The highest BCUT2D eigenvalue weighted by Crippen LogP contribution is 2.21. The van der Waals surface area contributed by atoms with Crippen molar-refractivity contribution in [2.45, 2.75) is 6.61 Å². The Morgan fingerprint density at radius 3 is 2.79 bits per heavy atom. The lowest BCUT2D eigenvalue weighted by Gasteiger charge is -2.09. The largest absolute Gasteiger partial charge is 0.381 e. The van der Waals surface area contributed by atoms with Crippen LogP contribution in [-0.2, 0) is 11.3 Å². The summed E-state index contributed by atoms with van der Waals surface area (Å²) in [7, 11) is 1.59. The standard InChI is InChI=1S/C13H13F2N3O/c1-19-7-8-3-2-4-9(5-8)17-13-11(15)6-10(14)12(16)18-13/h2-6H,7H2,1H3,(H3,16,17,18). The summed E-state index contributed by atoms with van der Waals surface area (Å²) in [6.07, 6.45) is 0. The van der Waals surface area contributed by atoms with Crippen molar-refractivity contribution in [2.24, 2.45) is 0 Å². The van der Waals surface area contributed by atoms with Gasteiger partial charge in [0.2, 0.25) is 0 Å². The molecule has 0 aliphatic heterocycles. The zero-order valence-corrected chi connectivity index (χ0v) is 10.3. The van der Waals surface area contributed by atoms with Crippen LogP contribution >= 0.6 is 0 Å².